The number of nitrogens with zero attached hydrogens (tertiary/aromatic N) is 1. The first-order valence-electron chi connectivity index (χ1n) is 6.45. The second kappa shape index (κ2) is 5.98. The topological polar surface area (TPSA) is 44.4 Å². The van der Waals surface area contributed by atoms with E-state index in [0.29, 0.717) is 0 Å². The van der Waals surface area contributed by atoms with E-state index in [9.17, 15) is 4.79 Å². The molecular weight excluding hydrogens is 226 g/mol. The highest BCUT2D eigenvalue weighted by atomic mass is 16.2. The number of carbonyl (C=O) groups is 1. The van der Waals surface area contributed by atoms with Crippen molar-refractivity contribution in [2.45, 2.75) is 13.0 Å². The Morgan fingerprint density at radius 2 is 1.89 bits per heavy atom. The minimum absolute atomic E-state index is 0.169. The molecule has 0 bridgehead atoms. The maximum Gasteiger partial charge on any atom is 0.244 e. The highest BCUT2D eigenvalue weighted by Gasteiger charge is 2.25. The van der Waals surface area contributed by atoms with Gasteiger partial charge in [-0.1, -0.05) is 29.8 Å². The third-order valence-corrected chi connectivity index (χ3v) is 3.37. The van der Waals surface area contributed by atoms with Crippen molar-refractivity contribution in [2.75, 3.05) is 33.2 Å². The molecule has 0 spiro atoms. The van der Waals surface area contributed by atoms with Gasteiger partial charge in [0.25, 0.3) is 0 Å². The van der Waals surface area contributed by atoms with Crippen molar-refractivity contribution in [3.05, 3.63) is 35.4 Å². The lowest BCUT2D eigenvalue weighted by Crippen LogP contribution is -2.49. The Morgan fingerprint density at radius 3 is 2.44 bits per heavy atom. The van der Waals surface area contributed by atoms with Crippen LogP contribution in [0.4, 0.5) is 0 Å². The summed E-state index contributed by atoms with van der Waals surface area (Å²) in [6.45, 7) is 5.41. The van der Waals surface area contributed by atoms with E-state index in [4.69, 9.17) is 0 Å². The maximum atomic E-state index is 12.5. The van der Waals surface area contributed by atoms with Crippen LogP contribution in [0, 0.1) is 6.92 Å². The molecule has 2 N–H and O–H groups in total. The van der Waals surface area contributed by atoms with Crippen molar-refractivity contribution in [1.82, 2.24) is 15.5 Å². The van der Waals surface area contributed by atoms with Gasteiger partial charge in [0.2, 0.25) is 5.91 Å². The van der Waals surface area contributed by atoms with Crippen LogP contribution in [0.25, 0.3) is 0 Å². The average Bonchev–Trinajstić information content (AvgIpc) is 2.42. The van der Waals surface area contributed by atoms with Gasteiger partial charge in [-0.25, -0.2) is 0 Å². The lowest BCUT2D eigenvalue weighted by molar-refractivity contribution is -0.134. The number of carbonyl (C=O) groups excluding carboxylic acids is 1. The minimum Gasteiger partial charge on any atom is -0.338 e. The van der Waals surface area contributed by atoms with Gasteiger partial charge in [0, 0.05) is 26.2 Å². The molecule has 4 heteroatoms. The SMILES string of the molecule is CNC(C(=O)N1CCNCC1)c1ccc(C)cc1. The molecule has 1 aliphatic rings. The Morgan fingerprint density at radius 1 is 1.28 bits per heavy atom. The molecule has 1 atom stereocenters. The monoisotopic (exact) mass is 247 g/mol. The first-order chi connectivity index (χ1) is 8.72. The van der Waals surface area contributed by atoms with Gasteiger partial charge in [-0.15, -0.1) is 0 Å². The standard InChI is InChI=1S/C14H21N3O/c1-11-3-5-12(6-4-11)13(15-2)14(18)17-9-7-16-8-10-17/h3-6,13,15-16H,7-10H2,1-2H3. The Balaban J connectivity index is 2.12. The third-order valence-electron chi connectivity index (χ3n) is 3.37. The average molecular weight is 247 g/mol. The van der Waals surface area contributed by atoms with Gasteiger partial charge in [0.1, 0.15) is 6.04 Å². The Bertz CT molecular complexity index is 396. The molecule has 1 aromatic carbocycles. The fraction of sp³-hybridized carbons (Fsp3) is 0.500. The number of amides is 1. The molecule has 1 saturated heterocycles. The largest absolute Gasteiger partial charge is 0.338 e. The molecule has 0 aromatic heterocycles. The van der Waals surface area contributed by atoms with E-state index in [1.165, 1.54) is 5.56 Å². The molecule has 98 valence electrons. The van der Waals surface area contributed by atoms with E-state index >= 15 is 0 Å². The van der Waals surface area contributed by atoms with Gasteiger partial charge in [0.05, 0.1) is 0 Å². The normalized spacial score (nSPS) is 17.6. The predicted octanol–water partition coefficient (Wildman–Crippen LogP) is 0.687. The quantitative estimate of drug-likeness (QED) is 0.826. The van der Waals surface area contributed by atoms with Crippen LogP contribution in [0.1, 0.15) is 17.2 Å². The van der Waals surface area contributed by atoms with Gasteiger partial charge < -0.3 is 15.5 Å². The minimum atomic E-state index is -0.233. The van der Waals surface area contributed by atoms with Crippen LogP contribution in [0.3, 0.4) is 0 Å². The van der Waals surface area contributed by atoms with Crippen molar-refractivity contribution in [3.63, 3.8) is 0 Å². The summed E-state index contributed by atoms with van der Waals surface area (Å²) in [5.74, 6) is 0.169. The van der Waals surface area contributed by atoms with Crippen LogP contribution in [-0.4, -0.2) is 44.0 Å². The molecule has 0 radical (unpaired) electrons. The van der Waals surface area contributed by atoms with E-state index in [1.807, 2.05) is 36.2 Å². The number of hydrogen-bond donors (Lipinski definition) is 2. The molecule has 1 heterocycles. The summed E-state index contributed by atoms with van der Waals surface area (Å²) in [6, 6.07) is 7.91. The van der Waals surface area contributed by atoms with Crippen LogP contribution in [0.15, 0.2) is 24.3 Å². The van der Waals surface area contributed by atoms with E-state index in [0.717, 1.165) is 31.7 Å². The summed E-state index contributed by atoms with van der Waals surface area (Å²) in [7, 11) is 1.84. The van der Waals surface area contributed by atoms with Crippen LogP contribution in [0.2, 0.25) is 0 Å². The first-order valence-corrected chi connectivity index (χ1v) is 6.45. The van der Waals surface area contributed by atoms with Crippen LogP contribution < -0.4 is 10.6 Å². The molecule has 2 rings (SSSR count). The predicted molar refractivity (Wildman–Crippen MR) is 72.4 cm³/mol. The molecule has 1 aromatic rings. The second-order valence-electron chi connectivity index (χ2n) is 4.71. The fourth-order valence-electron chi connectivity index (χ4n) is 2.26. The summed E-state index contributed by atoms with van der Waals surface area (Å²) in [5.41, 5.74) is 2.25. The van der Waals surface area contributed by atoms with Crippen molar-refractivity contribution in [1.29, 1.82) is 0 Å². The summed E-state index contributed by atoms with van der Waals surface area (Å²) in [6.07, 6.45) is 0. The zero-order valence-corrected chi connectivity index (χ0v) is 11.1. The number of aryl methyl sites for hydroxylation is 1. The lowest BCUT2D eigenvalue weighted by Gasteiger charge is -2.31. The first kappa shape index (κ1) is 13.1. The summed E-state index contributed by atoms with van der Waals surface area (Å²) < 4.78 is 0. The number of hydrogen-bond acceptors (Lipinski definition) is 3. The van der Waals surface area contributed by atoms with Crippen molar-refractivity contribution < 1.29 is 4.79 Å². The zero-order chi connectivity index (χ0) is 13.0. The van der Waals surface area contributed by atoms with Crippen LogP contribution in [-0.2, 0) is 4.79 Å². The molecule has 0 saturated carbocycles. The molecule has 1 amide bonds. The molecular formula is C14H21N3O. The second-order valence-corrected chi connectivity index (χ2v) is 4.71. The number of rotatable bonds is 3. The van der Waals surface area contributed by atoms with Crippen LogP contribution in [0.5, 0.6) is 0 Å². The van der Waals surface area contributed by atoms with E-state index in [2.05, 4.69) is 17.6 Å². The van der Waals surface area contributed by atoms with Gasteiger partial charge in [-0.05, 0) is 19.5 Å². The van der Waals surface area contributed by atoms with E-state index < -0.39 is 0 Å². The Labute approximate surface area is 108 Å². The number of piperazine rings is 1. The summed E-state index contributed by atoms with van der Waals surface area (Å²) >= 11 is 0. The van der Waals surface area contributed by atoms with Gasteiger partial charge >= 0.3 is 0 Å². The number of nitrogens with one attached hydrogen (secondary N) is 2. The Hall–Kier alpha value is -1.39. The maximum absolute atomic E-state index is 12.5. The van der Waals surface area contributed by atoms with E-state index in [1.54, 1.807) is 0 Å². The van der Waals surface area contributed by atoms with Gasteiger partial charge in [-0.2, -0.15) is 0 Å². The van der Waals surface area contributed by atoms with Gasteiger partial charge in [0.15, 0.2) is 0 Å². The molecule has 1 aliphatic heterocycles. The number of likely N-dealkylation sites (N-methyl/N-ethyl adjacent to an activating group) is 1. The third kappa shape index (κ3) is 2.89. The lowest BCUT2D eigenvalue weighted by atomic mass is 10.0. The van der Waals surface area contributed by atoms with Gasteiger partial charge in [-0.3, -0.25) is 4.79 Å². The Kier molecular flexibility index (Phi) is 4.33. The molecule has 1 unspecified atom stereocenters. The number of benzene rings is 1. The highest BCUT2D eigenvalue weighted by molar-refractivity contribution is 5.83. The van der Waals surface area contributed by atoms with E-state index in [-0.39, 0.29) is 11.9 Å². The molecule has 18 heavy (non-hydrogen) atoms. The molecule has 0 aliphatic carbocycles. The molecule has 4 nitrogen and oxygen atoms in total. The summed E-state index contributed by atoms with van der Waals surface area (Å²) in [4.78, 5) is 14.4. The zero-order valence-electron chi connectivity index (χ0n) is 11.1. The van der Waals surface area contributed by atoms with Crippen LogP contribution >= 0.6 is 0 Å². The van der Waals surface area contributed by atoms with Crippen molar-refractivity contribution in [2.24, 2.45) is 0 Å². The van der Waals surface area contributed by atoms with Crippen molar-refractivity contribution >= 4 is 5.91 Å². The fourth-order valence-corrected chi connectivity index (χ4v) is 2.26. The van der Waals surface area contributed by atoms with Crippen molar-refractivity contribution in [3.8, 4) is 0 Å². The highest BCUT2D eigenvalue weighted by Crippen LogP contribution is 2.16. The summed E-state index contributed by atoms with van der Waals surface area (Å²) in [5, 5.41) is 6.38. The molecule has 1 fully saturated rings. The smallest absolute Gasteiger partial charge is 0.244 e.